The fourth-order valence-corrected chi connectivity index (χ4v) is 3.30. The van der Waals surface area contributed by atoms with Gasteiger partial charge in [-0.15, -0.1) is 11.3 Å². The number of anilines is 1. The Hall–Kier alpha value is -2.08. The molecule has 1 aromatic carbocycles. The van der Waals surface area contributed by atoms with Crippen molar-refractivity contribution in [3.63, 3.8) is 0 Å². The molecule has 2 aromatic rings. The van der Waals surface area contributed by atoms with Crippen LogP contribution in [0, 0.1) is 13.8 Å². The minimum absolute atomic E-state index is 0.663. The Bertz CT molecular complexity index is 680. The van der Waals surface area contributed by atoms with Crippen LogP contribution in [0.3, 0.4) is 0 Å². The predicted molar refractivity (Wildman–Crippen MR) is 109 cm³/mol. The summed E-state index contributed by atoms with van der Waals surface area (Å²) in [5, 5.41) is 7.82. The third-order valence-electron chi connectivity index (χ3n) is 3.83. The lowest BCUT2D eigenvalue weighted by atomic mass is 10.2. The van der Waals surface area contributed by atoms with Gasteiger partial charge in [0, 0.05) is 42.9 Å². The number of nitrogens with one attached hydrogen (secondary N) is 2. The molecule has 6 heteroatoms. The highest BCUT2D eigenvalue weighted by Crippen LogP contribution is 2.15. The summed E-state index contributed by atoms with van der Waals surface area (Å²) in [6.45, 7) is 12.7. The van der Waals surface area contributed by atoms with Gasteiger partial charge in [-0.3, -0.25) is 0 Å². The number of nitrogens with zero attached hydrogens (tertiary/aromatic N) is 3. The minimum Gasteiger partial charge on any atom is -0.370 e. The molecule has 0 bridgehead atoms. The number of rotatable bonds is 8. The SMILES string of the molecule is CCNC(=NCc1cnc(C)s1)NCCN(CC)c1cccc(C)c1. The molecule has 136 valence electrons. The highest BCUT2D eigenvalue weighted by Gasteiger charge is 2.05. The molecule has 0 spiro atoms. The van der Waals surface area contributed by atoms with Crippen LogP contribution in [-0.2, 0) is 6.54 Å². The maximum Gasteiger partial charge on any atom is 0.191 e. The number of likely N-dealkylation sites (N-methyl/N-ethyl adjacent to an activating group) is 1. The summed E-state index contributed by atoms with van der Waals surface area (Å²) in [6.07, 6.45) is 1.91. The first-order chi connectivity index (χ1) is 12.1. The van der Waals surface area contributed by atoms with Crippen molar-refractivity contribution in [3.05, 3.63) is 45.9 Å². The Morgan fingerprint density at radius 2 is 2.08 bits per heavy atom. The first kappa shape index (κ1) is 19.2. The highest BCUT2D eigenvalue weighted by molar-refractivity contribution is 7.11. The molecule has 25 heavy (non-hydrogen) atoms. The number of aliphatic imine (C=N–C) groups is 1. The monoisotopic (exact) mass is 359 g/mol. The van der Waals surface area contributed by atoms with Gasteiger partial charge in [0.25, 0.3) is 0 Å². The second kappa shape index (κ2) is 10.0. The van der Waals surface area contributed by atoms with E-state index < -0.39 is 0 Å². The van der Waals surface area contributed by atoms with Crippen molar-refractivity contribution in [1.82, 2.24) is 15.6 Å². The Morgan fingerprint density at radius 3 is 2.72 bits per heavy atom. The van der Waals surface area contributed by atoms with E-state index in [1.807, 2.05) is 13.1 Å². The maximum absolute atomic E-state index is 4.65. The molecule has 2 N–H and O–H groups in total. The van der Waals surface area contributed by atoms with E-state index in [1.54, 1.807) is 11.3 Å². The van der Waals surface area contributed by atoms with E-state index in [9.17, 15) is 0 Å². The van der Waals surface area contributed by atoms with Crippen LogP contribution in [0.4, 0.5) is 5.69 Å². The summed E-state index contributed by atoms with van der Waals surface area (Å²) in [5.41, 5.74) is 2.56. The fourth-order valence-electron chi connectivity index (χ4n) is 2.58. The van der Waals surface area contributed by atoms with E-state index >= 15 is 0 Å². The van der Waals surface area contributed by atoms with Crippen LogP contribution in [0.15, 0.2) is 35.5 Å². The van der Waals surface area contributed by atoms with Crippen molar-refractivity contribution in [1.29, 1.82) is 0 Å². The summed E-state index contributed by atoms with van der Waals surface area (Å²) in [4.78, 5) is 12.5. The first-order valence-corrected chi connectivity index (χ1v) is 9.69. The zero-order valence-electron chi connectivity index (χ0n) is 15.7. The van der Waals surface area contributed by atoms with Crippen molar-refractivity contribution >= 4 is 23.0 Å². The van der Waals surface area contributed by atoms with Gasteiger partial charge >= 0.3 is 0 Å². The molecule has 0 radical (unpaired) electrons. The lowest BCUT2D eigenvalue weighted by Gasteiger charge is -2.24. The molecule has 2 rings (SSSR count). The lowest BCUT2D eigenvalue weighted by Crippen LogP contribution is -2.41. The lowest BCUT2D eigenvalue weighted by molar-refractivity contribution is 0.752. The molecule has 0 aliphatic heterocycles. The van der Waals surface area contributed by atoms with Crippen LogP contribution in [0.2, 0.25) is 0 Å². The summed E-state index contributed by atoms with van der Waals surface area (Å²) in [6, 6.07) is 8.65. The highest BCUT2D eigenvalue weighted by atomic mass is 32.1. The third-order valence-corrected chi connectivity index (χ3v) is 4.73. The molecule has 0 aliphatic rings. The van der Waals surface area contributed by atoms with Crippen molar-refractivity contribution in [2.24, 2.45) is 4.99 Å². The normalized spacial score (nSPS) is 11.4. The first-order valence-electron chi connectivity index (χ1n) is 8.87. The smallest absolute Gasteiger partial charge is 0.191 e. The van der Waals surface area contributed by atoms with Crippen molar-refractivity contribution in [2.75, 3.05) is 31.1 Å². The molecular formula is C19H29N5S. The van der Waals surface area contributed by atoms with Gasteiger partial charge in [0.15, 0.2) is 5.96 Å². The van der Waals surface area contributed by atoms with E-state index in [4.69, 9.17) is 0 Å². The molecule has 0 aliphatic carbocycles. The summed E-state index contributed by atoms with van der Waals surface area (Å²) in [5.74, 6) is 0.855. The molecule has 1 heterocycles. The van der Waals surface area contributed by atoms with Crippen molar-refractivity contribution in [3.8, 4) is 0 Å². The van der Waals surface area contributed by atoms with E-state index in [1.165, 1.54) is 16.1 Å². The van der Waals surface area contributed by atoms with Gasteiger partial charge in [-0.2, -0.15) is 0 Å². The number of thiazole rings is 1. The summed E-state index contributed by atoms with van der Waals surface area (Å²) in [7, 11) is 0. The van der Waals surface area contributed by atoms with E-state index in [0.29, 0.717) is 6.54 Å². The van der Waals surface area contributed by atoms with Crippen molar-refractivity contribution in [2.45, 2.75) is 34.2 Å². The van der Waals surface area contributed by atoms with Gasteiger partial charge in [-0.05, 0) is 45.4 Å². The van der Waals surface area contributed by atoms with Gasteiger partial charge in [0.2, 0.25) is 0 Å². The third kappa shape index (κ3) is 6.38. The quantitative estimate of drug-likeness (QED) is 0.561. The van der Waals surface area contributed by atoms with Gasteiger partial charge in [0.05, 0.1) is 11.6 Å². The minimum atomic E-state index is 0.663. The van der Waals surface area contributed by atoms with Crippen LogP contribution < -0.4 is 15.5 Å². The fraction of sp³-hybridized carbons (Fsp3) is 0.474. The molecule has 0 fully saturated rings. The second-order valence-electron chi connectivity index (χ2n) is 5.89. The number of aromatic nitrogens is 1. The molecule has 0 unspecified atom stereocenters. The van der Waals surface area contributed by atoms with E-state index in [-0.39, 0.29) is 0 Å². The summed E-state index contributed by atoms with van der Waals surface area (Å²) < 4.78 is 0. The zero-order chi connectivity index (χ0) is 18.1. The topological polar surface area (TPSA) is 52.6 Å². The van der Waals surface area contributed by atoms with Gasteiger partial charge in [-0.1, -0.05) is 12.1 Å². The number of benzene rings is 1. The average molecular weight is 360 g/mol. The van der Waals surface area contributed by atoms with E-state index in [2.05, 4.69) is 70.5 Å². The van der Waals surface area contributed by atoms with Crippen LogP contribution >= 0.6 is 11.3 Å². The van der Waals surface area contributed by atoms with E-state index in [0.717, 1.165) is 37.1 Å². The largest absolute Gasteiger partial charge is 0.370 e. The van der Waals surface area contributed by atoms with Gasteiger partial charge < -0.3 is 15.5 Å². The van der Waals surface area contributed by atoms with Crippen LogP contribution in [0.1, 0.15) is 29.3 Å². The predicted octanol–water partition coefficient (Wildman–Crippen LogP) is 3.34. The second-order valence-corrected chi connectivity index (χ2v) is 7.21. The zero-order valence-corrected chi connectivity index (χ0v) is 16.5. The number of hydrogen-bond acceptors (Lipinski definition) is 4. The molecule has 0 amide bonds. The molecule has 0 saturated heterocycles. The van der Waals surface area contributed by atoms with Gasteiger partial charge in [0.1, 0.15) is 0 Å². The molecule has 0 atom stereocenters. The van der Waals surface area contributed by atoms with Crippen molar-refractivity contribution < 1.29 is 0 Å². The number of guanidine groups is 1. The maximum atomic E-state index is 4.65. The van der Waals surface area contributed by atoms with Crippen LogP contribution in [-0.4, -0.2) is 37.1 Å². The number of aryl methyl sites for hydroxylation is 2. The average Bonchev–Trinajstić information content (AvgIpc) is 3.02. The Kier molecular flexibility index (Phi) is 7.73. The van der Waals surface area contributed by atoms with Gasteiger partial charge in [-0.25, -0.2) is 9.98 Å². The van der Waals surface area contributed by atoms with Crippen LogP contribution in [0.25, 0.3) is 0 Å². The summed E-state index contributed by atoms with van der Waals surface area (Å²) >= 11 is 1.70. The molecule has 5 nitrogen and oxygen atoms in total. The van der Waals surface area contributed by atoms with Crippen LogP contribution in [0.5, 0.6) is 0 Å². The number of hydrogen-bond donors (Lipinski definition) is 2. The molecule has 1 aromatic heterocycles. The Morgan fingerprint density at radius 1 is 1.24 bits per heavy atom. The molecular weight excluding hydrogens is 330 g/mol. The molecule has 0 saturated carbocycles. The standard InChI is InChI=1S/C19H29N5S/c1-5-20-19(23-14-18-13-22-16(4)25-18)21-10-11-24(6-2)17-9-7-8-15(3)12-17/h7-9,12-13H,5-6,10-11,14H2,1-4H3,(H2,20,21,23). The Labute approximate surface area is 155 Å². The Balaban J connectivity index is 1.89.